The molecule has 0 bridgehead atoms. The van der Waals surface area contributed by atoms with Gasteiger partial charge in [0.15, 0.2) is 5.69 Å². The van der Waals surface area contributed by atoms with Crippen molar-refractivity contribution in [2.75, 3.05) is 32.6 Å². The first-order chi connectivity index (χ1) is 17.5. The van der Waals surface area contributed by atoms with Gasteiger partial charge in [0.2, 0.25) is 11.7 Å². The molecule has 1 aliphatic rings. The maximum Gasteiger partial charge on any atom is 0.278 e. The first-order valence-corrected chi connectivity index (χ1v) is 11.9. The third-order valence-electron chi connectivity index (χ3n) is 6.74. The number of carbonyl (C=O) groups excluding carboxylic acids is 1. The van der Waals surface area contributed by atoms with Gasteiger partial charge in [0.1, 0.15) is 5.82 Å². The van der Waals surface area contributed by atoms with Crippen LogP contribution in [0.25, 0.3) is 23.0 Å². The molecule has 1 aromatic carbocycles. The van der Waals surface area contributed by atoms with Crippen molar-refractivity contribution in [2.24, 2.45) is 0 Å². The van der Waals surface area contributed by atoms with Gasteiger partial charge >= 0.3 is 0 Å². The predicted octanol–water partition coefficient (Wildman–Crippen LogP) is 3.19. The van der Waals surface area contributed by atoms with Gasteiger partial charge in [-0.25, -0.2) is 4.98 Å². The summed E-state index contributed by atoms with van der Waals surface area (Å²) in [6, 6.07) is 13.7. The van der Waals surface area contributed by atoms with Gasteiger partial charge in [-0.15, -0.1) is 0 Å². The second-order valence-corrected chi connectivity index (χ2v) is 8.90. The average Bonchev–Trinajstić information content (AvgIpc) is 3.56. The molecule has 10 nitrogen and oxygen atoms in total. The molecule has 1 saturated heterocycles. The fraction of sp³-hybridized carbons (Fsp3) is 0.346. The van der Waals surface area contributed by atoms with Crippen molar-refractivity contribution in [2.45, 2.75) is 31.7 Å². The van der Waals surface area contributed by atoms with E-state index < -0.39 is 5.41 Å². The quantitative estimate of drug-likeness (QED) is 0.408. The van der Waals surface area contributed by atoms with E-state index in [0.29, 0.717) is 50.0 Å². The minimum Gasteiger partial charge on any atom is -0.381 e. The molecule has 1 amide bonds. The number of pyridine rings is 1. The number of benzene rings is 1. The number of hydrogen-bond acceptors (Lipinski definition) is 8. The lowest BCUT2D eigenvalue weighted by Gasteiger charge is -2.35. The Bertz CT molecular complexity index is 1340. The summed E-state index contributed by atoms with van der Waals surface area (Å²) in [7, 11) is 3.51. The van der Waals surface area contributed by atoms with Crippen LogP contribution < -0.4 is 10.6 Å². The van der Waals surface area contributed by atoms with Crippen molar-refractivity contribution in [1.82, 2.24) is 30.2 Å². The Balaban J connectivity index is 1.35. The van der Waals surface area contributed by atoms with Crippen LogP contribution in [0.5, 0.6) is 0 Å². The molecular formula is C26H29N7O3. The van der Waals surface area contributed by atoms with Crippen LogP contribution in [0, 0.1) is 6.92 Å². The Kier molecular flexibility index (Phi) is 6.51. The standard InChI is InChI=1S/C26H29N7O3/c1-17-14-21(31-33(17)16-18-4-9-22(27-2)29-15-18)24-30-23(32-36-24)19-5-7-20(8-6-19)26(25(34)28-3)10-12-35-13-11-26/h4-9,14-15H,10-13,16H2,1-3H3,(H,27,29)(H,28,34). The average molecular weight is 488 g/mol. The number of hydrogen-bond donors (Lipinski definition) is 2. The summed E-state index contributed by atoms with van der Waals surface area (Å²) in [6.07, 6.45) is 3.13. The van der Waals surface area contributed by atoms with Crippen LogP contribution in [0.15, 0.2) is 53.2 Å². The number of ether oxygens (including phenoxy) is 1. The highest BCUT2D eigenvalue weighted by Gasteiger charge is 2.41. The van der Waals surface area contributed by atoms with Crippen LogP contribution in [0.4, 0.5) is 5.82 Å². The number of rotatable bonds is 7. The molecule has 3 aromatic heterocycles. The molecule has 2 N–H and O–H groups in total. The molecule has 0 radical (unpaired) electrons. The van der Waals surface area contributed by atoms with Gasteiger partial charge in [-0.05, 0) is 43.0 Å². The molecule has 0 atom stereocenters. The Morgan fingerprint density at radius 2 is 1.89 bits per heavy atom. The summed E-state index contributed by atoms with van der Waals surface area (Å²) in [4.78, 5) is 21.7. The van der Waals surface area contributed by atoms with E-state index in [1.54, 1.807) is 7.05 Å². The maximum atomic E-state index is 12.8. The molecular weight excluding hydrogens is 458 g/mol. The van der Waals surface area contributed by atoms with Crippen molar-refractivity contribution >= 4 is 11.7 Å². The van der Waals surface area contributed by atoms with Crippen LogP contribution in [0.3, 0.4) is 0 Å². The molecule has 4 aromatic rings. The van der Waals surface area contributed by atoms with E-state index in [2.05, 4.69) is 30.9 Å². The van der Waals surface area contributed by atoms with E-state index in [-0.39, 0.29) is 5.91 Å². The second-order valence-electron chi connectivity index (χ2n) is 8.90. The van der Waals surface area contributed by atoms with Gasteiger partial charge in [0, 0.05) is 44.8 Å². The number of nitrogens with zero attached hydrogens (tertiary/aromatic N) is 5. The minimum atomic E-state index is -0.582. The fourth-order valence-corrected chi connectivity index (χ4v) is 4.60. The number of aryl methyl sites for hydroxylation is 1. The Morgan fingerprint density at radius 3 is 2.56 bits per heavy atom. The summed E-state index contributed by atoms with van der Waals surface area (Å²) < 4.78 is 12.9. The van der Waals surface area contributed by atoms with E-state index in [1.165, 1.54) is 0 Å². The zero-order chi connectivity index (χ0) is 25.1. The summed E-state index contributed by atoms with van der Waals surface area (Å²) in [5, 5.41) is 14.7. The first kappa shape index (κ1) is 23.7. The molecule has 1 aliphatic heterocycles. The van der Waals surface area contributed by atoms with Crippen LogP contribution in [-0.4, -0.2) is 58.1 Å². The molecule has 0 unspecified atom stereocenters. The third kappa shape index (κ3) is 4.47. The van der Waals surface area contributed by atoms with Crippen molar-refractivity contribution in [3.05, 3.63) is 65.5 Å². The van der Waals surface area contributed by atoms with Crippen molar-refractivity contribution in [1.29, 1.82) is 0 Å². The monoisotopic (exact) mass is 487 g/mol. The normalized spacial score (nSPS) is 15.0. The molecule has 0 aliphatic carbocycles. The van der Waals surface area contributed by atoms with Gasteiger partial charge in [-0.2, -0.15) is 10.1 Å². The maximum absolute atomic E-state index is 12.8. The van der Waals surface area contributed by atoms with Crippen LogP contribution in [0.2, 0.25) is 0 Å². The smallest absolute Gasteiger partial charge is 0.278 e. The predicted molar refractivity (Wildman–Crippen MR) is 134 cm³/mol. The summed E-state index contributed by atoms with van der Waals surface area (Å²) in [5.74, 6) is 1.65. The fourth-order valence-electron chi connectivity index (χ4n) is 4.60. The lowest BCUT2D eigenvalue weighted by molar-refractivity contribution is -0.129. The molecule has 4 heterocycles. The van der Waals surface area contributed by atoms with Gasteiger partial charge in [0.25, 0.3) is 5.89 Å². The second kappa shape index (κ2) is 9.90. The molecule has 36 heavy (non-hydrogen) atoms. The lowest BCUT2D eigenvalue weighted by Crippen LogP contribution is -2.46. The number of amides is 1. The minimum absolute atomic E-state index is 0.0140. The first-order valence-electron chi connectivity index (χ1n) is 11.9. The van der Waals surface area contributed by atoms with E-state index in [0.717, 1.165) is 28.2 Å². The summed E-state index contributed by atoms with van der Waals surface area (Å²) >= 11 is 0. The number of aromatic nitrogens is 5. The van der Waals surface area contributed by atoms with Gasteiger partial charge in [-0.3, -0.25) is 9.48 Å². The molecule has 0 saturated carbocycles. The number of anilines is 1. The van der Waals surface area contributed by atoms with Gasteiger partial charge in [-0.1, -0.05) is 35.5 Å². The Hall–Kier alpha value is -4.05. The van der Waals surface area contributed by atoms with Crippen LogP contribution in [0.1, 0.15) is 29.7 Å². The van der Waals surface area contributed by atoms with Crippen molar-refractivity contribution < 1.29 is 14.1 Å². The van der Waals surface area contributed by atoms with Crippen molar-refractivity contribution in [3.8, 4) is 23.0 Å². The summed E-state index contributed by atoms with van der Waals surface area (Å²) in [5.41, 5.74) is 3.81. The number of carbonyl (C=O) groups is 1. The highest BCUT2D eigenvalue weighted by Crippen LogP contribution is 2.36. The SMILES string of the molecule is CNC(=O)C1(c2ccc(-c3noc(-c4cc(C)n(Cc5ccc(NC)nc5)n4)n3)cc2)CCOCC1. The van der Waals surface area contributed by atoms with E-state index in [9.17, 15) is 4.79 Å². The van der Waals surface area contributed by atoms with Crippen LogP contribution in [-0.2, 0) is 21.5 Å². The molecule has 5 rings (SSSR count). The van der Waals surface area contributed by atoms with Crippen molar-refractivity contribution in [3.63, 3.8) is 0 Å². The molecule has 0 spiro atoms. The third-order valence-corrected chi connectivity index (χ3v) is 6.74. The Morgan fingerprint density at radius 1 is 1.11 bits per heavy atom. The topological polar surface area (TPSA) is 120 Å². The molecule has 10 heteroatoms. The zero-order valence-corrected chi connectivity index (χ0v) is 20.6. The van der Waals surface area contributed by atoms with E-state index >= 15 is 0 Å². The number of nitrogens with one attached hydrogen (secondary N) is 2. The van der Waals surface area contributed by atoms with Gasteiger partial charge < -0.3 is 19.9 Å². The highest BCUT2D eigenvalue weighted by molar-refractivity contribution is 5.88. The largest absolute Gasteiger partial charge is 0.381 e. The summed E-state index contributed by atoms with van der Waals surface area (Å²) in [6.45, 7) is 3.70. The van der Waals surface area contributed by atoms with Crippen LogP contribution >= 0.6 is 0 Å². The lowest BCUT2D eigenvalue weighted by atomic mass is 9.73. The number of likely N-dealkylation sites (N-methyl/N-ethyl adjacent to an activating group) is 1. The van der Waals surface area contributed by atoms with E-state index in [4.69, 9.17) is 9.26 Å². The molecule has 186 valence electrons. The highest BCUT2D eigenvalue weighted by atomic mass is 16.5. The molecule has 1 fully saturated rings. The zero-order valence-electron chi connectivity index (χ0n) is 20.6. The Labute approximate surface area is 209 Å². The van der Waals surface area contributed by atoms with E-state index in [1.807, 2.05) is 67.3 Å². The van der Waals surface area contributed by atoms with Gasteiger partial charge in [0.05, 0.1) is 12.0 Å².